The molecule has 0 unspecified atom stereocenters. The molecule has 2 nitrogen and oxygen atoms in total. The molecule has 0 saturated carbocycles. The number of rotatable bonds is 3. The fourth-order valence-electron chi connectivity index (χ4n) is 2.85. The molecule has 0 aliphatic carbocycles. The maximum atomic E-state index is 12.5. The zero-order valence-electron chi connectivity index (χ0n) is 12.6. The van der Waals surface area contributed by atoms with Gasteiger partial charge in [-0.2, -0.15) is 0 Å². The molecular weight excluding hydrogens is 278 g/mol. The molecule has 3 rings (SSSR count). The highest BCUT2D eigenvalue weighted by molar-refractivity contribution is 7.14. The van der Waals surface area contributed by atoms with Crippen molar-refractivity contribution in [3.63, 3.8) is 0 Å². The average molecular weight is 297 g/mol. The molecule has 0 spiro atoms. The Kier molecular flexibility index (Phi) is 3.54. The van der Waals surface area contributed by atoms with Crippen LogP contribution in [0, 0.1) is 6.92 Å². The van der Waals surface area contributed by atoms with E-state index >= 15 is 0 Å². The molecule has 108 valence electrons. The maximum absolute atomic E-state index is 12.5. The summed E-state index contributed by atoms with van der Waals surface area (Å²) in [5, 5.41) is 0. The first-order chi connectivity index (χ1) is 9.94. The molecule has 0 fully saturated rings. The van der Waals surface area contributed by atoms with Gasteiger partial charge in [0.05, 0.1) is 22.5 Å². The van der Waals surface area contributed by atoms with Crippen LogP contribution in [0.1, 0.15) is 45.9 Å². The van der Waals surface area contributed by atoms with Crippen LogP contribution in [0.5, 0.6) is 0 Å². The summed E-state index contributed by atoms with van der Waals surface area (Å²) in [5.74, 6) is 0.166. The van der Waals surface area contributed by atoms with Crippen molar-refractivity contribution in [1.82, 2.24) is 0 Å². The molecule has 2 aromatic rings. The van der Waals surface area contributed by atoms with Gasteiger partial charge >= 0.3 is 0 Å². The van der Waals surface area contributed by atoms with Crippen molar-refractivity contribution >= 4 is 22.8 Å². The Morgan fingerprint density at radius 3 is 2.71 bits per heavy atom. The highest BCUT2D eigenvalue weighted by Crippen LogP contribution is 2.28. The zero-order chi connectivity index (χ0) is 15.0. The molecule has 1 aromatic carbocycles. The first kappa shape index (κ1) is 14.2. The summed E-state index contributed by atoms with van der Waals surface area (Å²) in [5.41, 5.74) is 3.23. The molecule has 0 amide bonds. The van der Waals surface area contributed by atoms with Gasteiger partial charge < -0.3 is 0 Å². The topological polar surface area (TPSA) is 29.4 Å². The first-order valence-electron chi connectivity index (χ1n) is 7.21. The Labute approximate surface area is 129 Å². The standard InChI is InChI=1S/C18H19NOS/c1-12-8-9-17(21-12)16(20)10-15-14-7-5-4-6-13(14)11-18(2,3)19-15/h4-9H,10-11H2,1-3H3. The summed E-state index contributed by atoms with van der Waals surface area (Å²) in [6.07, 6.45) is 1.32. The largest absolute Gasteiger partial charge is 0.293 e. The molecule has 0 N–H and O–H groups in total. The van der Waals surface area contributed by atoms with Gasteiger partial charge in [-0.05, 0) is 50.5 Å². The number of aliphatic imine (C=N–C) groups is 1. The SMILES string of the molecule is Cc1ccc(C(=O)CC2=NC(C)(C)Cc3ccccc32)s1. The van der Waals surface area contributed by atoms with Crippen LogP contribution in [0.4, 0.5) is 0 Å². The van der Waals surface area contributed by atoms with E-state index in [2.05, 4.69) is 32.0 Å². The van der Waals surface area contributed by atoms with Crippen LogP contribution in [-0.2, 0) is 6.42 Å². The number of aryl methyl sites for hydroxylation is 1. The highest BCUT2D eigenvalue weighted by atomic mass is 32.1. The third kappa shape index (κ3) is 2.98. The minimum absolute atomic E-state index is 0.130. The van der Waals surface area contributed by atoms with Gasteiger partial charge in [0.15, 0.2) is 5.78 Å². The number of Topliss-reactive ketones (excluding diaryl/α,β-unsaturated/α-hetero) is 1. The number of carbonyl (C=O) groups excluding carboxylic acids is 1. The number of carbonyl (C=O) groups is 1. The predicted octanol–water partition coefficient (Wildman–Crippen LogP) is 4.45. The quantitative estimate of drug-likeness (QED) is 0.769. The smallest absolute Gasteiger partial charge is 0.178 e. The number of fused-ring (bicyclic) bond motifs is 1. The van der Waals surface area contributed by atoms with Crippen LogP contribution < -0.4 is 0 Å². The number of nitrogens with zero attached hydrogens (tertiary/aromatic N) is 1. The summed E-state index contributed by atoms with van der Waals surface area (Å²) >= 11 is 1.56. The number of hydrogen-bond donors (Lipinski definition) is 0. The molecule has 1 aliphatic rings. The van der Waals surface area contributed by atoms with E-state index in [0.29, 0.717) is 6.42 Å². The summed E-state index contributed by atoms with van der Waals surface area (Å²) in [4.78, 5) is 19.3. The minimum atomic E-state index is -0.130. The molecule has 0 atom stereocenters. The van der Waals surface area contributed by atoms with Gasteiger partial charge in [-0.1, -0.05) is 24.3 Å². The van der Waals surface area contributed by atoms with E-state index in [1.165, 1.54) is 10.4 Å². The maximum Gasteiger partial charge on any atom is 0.178 e. The fraction of sp³-hybridized carbons (Fsp3) is 0.333. The van der Waals surface area contributed by atoms with E-state index in [1.54, 1.807) is 11.3 Å². The van der Waals surface area contributed by atoms with Gasteiger partial charge in [0.25, 0.3) is 0 Å². The summed E-state index contributed by atoms with van der Waals surface area (Å²) < 4.78 is 0. The fourth-order valence-corrected chi connectivity index (χ4v) is 3.65. The lowest BCUT2D eigenvalue weighted by molar-refractivity contribution is 0.100. The first-order valence-corrected chi connectivity index (χ1v) is 8.03. The van der Waals surface area contributed by atoms with Crippen LogP contribution in [0.2, 0.25) is 0 Å². The van der Waals surface area contributed by atoms with Crippen molar-refractivity contribution in [2.75, 3.05) is 0 Å². The molecule has 0 radical (unpaired) electrons. The Balaban J connectivity index is 1.93. The van der Waals surface area contributed by atoms with Gasteiger partial charge in [-0.3, -0.25) is 9.79 Å². The van der Waals surface area contributed by atoms with E-state index in [4.69, 9.17) is 4.99 Å². The van der Waals surface area contributed by atoms with Crippen LogP contribution in [-0.4, -0.2) is 17.0 Å². The summed E-state index contributed by atoms with van der Waals surface area (Å²) in [7, 11) is 0. The van der Waals surface area contributed by atoms with E-state index in [-0.39, 0.29) is 11.3 Å². The second kappa shape index (κ2) is 5.23. The third-order valence-electron chi connectivity index (χ3n) is 3.73. The van der Waals surface area contributed by atoms with E-state index in [1.807, 2.05) is 25.1 Å². The van der Waals surface area contributed by atoms with Crippen molar-refractivity contribution in [3.8, 4) is 0 Å². The molecule has 0 saturated heterocycles. The Hall–Kier alpha value is -1.74. The normalized spacial score (nSPS) is 16.2. The number of hydrogen-bond acceptors (Lipinski definition) is 3. The molecule has 1 aromatic heterocycles. The summed E-state index contributed by atoms with van der Waals surface area (Å²) in [6, 6.07) is 12.2. The van der Waals surface area contributed by atoms with Crippen LogP contribution in [0.25, 0.3) is 0 Å². The molecule has 0 bridgehead atoms. The van der Waals surface area contributed by atoms with Crippen molar-refractivity contribution in [1.29, 1.82) is 0 Å². The molecule has 21 heavy (non-hydrogen) atoms. The van der Waals surface area contributed by atoms with E-state index in [0.717, 1.165) is 22.6 Å². The van der Waals surface area contributed by atoms with Crippen LogP contribution in [0.3, 0.4) is 0 Å². The highest BCUT2D eigenvalue weighted by Gasteiger charge is 2.27. The van der Waals surface area contributed by atoms with Gasteiger partial charge in [-0.15, -0.1) is 11.3 Å². The molecule has 2 heterocycles. The van der Waals surface area contributed by atoms with Crippen LogP contribution in [0.15, 0.2) is 41.4 Å². The van der Waals surface area contributed by atoms with Gasteiger partial charge in [0.1, 0.15) is 0 Å². The number of benzene rings is 1. The van der Waals surface area contributed by atoms with Gasteiger partial charge in [-0.25, -0.2) is 0 Å². The second-order valence-corrected chi connectivity index (χ2v) is 7.50. The van der Waals surface area contributed by atoms with E-state index < -0.39 is 0 Å². The lowest BCUT2D eigenvalue weighted by Crippen LogP contribution is -2.29. The lowest BCUT2D eigenvalue weighted by Gasteiger charge is -2.28. The van der Waals surface area contributed by atoms with Gasteiger partial charge in [0.2, 0.25) is 0 Å². The number of thiophene rings is 1. The average Bonchev–Trinajstić information content (AvgIpc) is 2.84. The monoisotopic (exact) mass is 297 g/mol. The van der Waals surface area contributed by atoms with Crippen molar-refractivity contribution in [3.05, 3.63) is 57.3 Å². The number of ketones is 1. The Bertz CT molecular complexity index is 724. The van der Waals surface area contributed by atoms with Crippen LogP contribution >= 0.6 is 11.3 Å². The van der Waals surface area contributed by atoms with Crippen molar-refractivity contribution < 1.29 is 4.79 Å². The third-order valence-corrected chi connectivity index (χ3v) is 4.77. The minimum Gasteiger partial charge on any atom is -0.293 e. The zero-order valence-corrected chi connectivity index (χ0v) is 13.5. The lowest BCUT2D eigenvalue weighted by atomic mass is 9.85. The van der Waals surface area contributed by atoms with E-state index in [9.17, 15) is 4.79 Å². The molecule has 1 aliphatic heterocycles. The molecular formula is C18H19NOS. The second-order valence-electron chi connectivity index (χ2n) is 6.22. The Morgan fingerprint density at radius 1 is 1.24 bits per heavy atom. The summed E-state index contributed by atoms with van der Waals surface area (Å²) in [6.45, 7) is 6.28. The van der Waals surface area contributed by atoms with Crippen molar-refractivity contribution in [2.45, 2.75) is 39.2 Å². The molecule has 3 heteroatoms. The predicted molar refractivity (Wildman–Crippen MR) is 88.8 cm³/mol. The van der Waals surface area contributed by atoms with Crippen molar-refractivity contribution in [2.24, 2.45) is 4.99 Å². The Morgan fingerprint density at radius 2 is 2.00 bits per heavy atom. The van der Waals surface area contributed by atoms with Gasteiger partial charge in [0, 0.05) is 4.88 Å².